The van der Waals surface area contributed by atoms with Gasteiger partial charge in [0.2, 0.25) is 0 Å². The van der Waals surface area contributed by atoms with Crippen molar-refractivity contribution in [2.75, 3.05) is 12.0 Å². The number of benzene rings is 2. The van der Waals surface area contributed by atoms with Gasteiger partial charge in [-0.15, -0.1) is 0 Å². The van der Waals surface area contributed by atoms with Crippen LogP contribution in [-0.2, 0) is 4.79 Å². The van der Waals surface area contributed by atoms with E-state index in [4.69, 9.17) is 16.3 Å². The molecule has 0 aliphatic carbocycles. The fraction of sp³-hybridized carbons (Fsp3) is 0.0588. The third-order valence-corrected chi connectivity index (χ3v) is 3.89. The number of carbonyl (C=O) groups is 2. The van der Waals surface area contributed by atoms with Gasteiger partial charge in [-0.05, 0) is 35.9 Å². The number of hydrogen-bond acceptors (Lipinski definition) is 5. The van der Waals surface area contributed by atoms with E-state index in [-0.39, 0.29) is 17.1 Å². The highest BCUT2D eigenvalue weighted by Gasteiger charge is 2.35. The average Bonchev–Trinajstić information content (AvgIpc) is 2.88. The molecule has 0 radical (unpaired) electrons. The summed E-state index contributed by atoms with van der Waals surface area (Å²) in [4.78, 5) is 36.2. The quantitative estimate of drug-likeness (QED) is 0.383. The molecule has 0 bridgehead atoms. The van der Waals surface area contributed by atoms with E-state index in [2.05, 4.69) is 5.32 Å². The Morgan fingerprint density at radius 2 is 2.00 bits per heavy atom. The number of halogens is 1. The molecule has 1 heterocycles. The second-order valence-corrected chi connectivity index (χ2v) is 5.73. The maximum Gasteiger partial charge on any atom is 0.333 e. The van der Waals surface area contributed by atoms with Gasteiger partial charge in [0.1, 0.15) is 5.70 Å². The lowest BCUT2D eigenvalue weighted by atomic mass is 10.1. The van der Waals surface area contributed by atoms with E-state index in [1.165, 1.54) is 31.4 Å². The molecular weight excluding hydrogens is 362 g/mol. The summed E-state index contributed by atoms with van der Waals surface area (Å²) < 4.78 is 4.94. The smallest absolute Gasteiger partial charge is 0.333 e. The van der Waals surface area contributed by atoms with Crippen LogP contribution >= 0.6 is 11.6 Å². The highest BCUT2D eigenvalue weighted by molar-refractivity contribution is 6.32. The van der Waals surface area contributed by atoms with Crippen LogP contribution in [0.3, 0.4) is 0 Å². The van der Waals surface area contributed by atoms with E-state index in [0.29, 0.717) is 16.3 Å². The Hall–Kier alpha value is -3.39. The highest BCUT2D eigenvalue weighted by Crippen LogP contribution is 2.29. The Morgan fingerprint density at radius 1 is 1.23 bits per heavy atom. The predicted octanol–water partition coefficient (Wildman–Crippen LogP) is 3.35. The minimum absolute atomic E-state index is 0.00515. The summed E-state index contributed by atoms with van der Waals surface area (Å²) in [6, 6.07) is 9.88. The zero-order chi connectivity index (χ0) is 18.8. The first-order chi connectivity index (χ1) is 12.4. The Balaban J connectivity index is 1.96. The fourth-order valence-corrected chi connectivity index (χ4v) is 2.68. The number of nitro groups is 1. The molecule has 1 fully saturated rings. The molecule has 1 aliphatic heterocycles. The Bertz CT molecular complexity index is 957. The predicted molar refractivity (Wildman–Crippen MR) is 95.1 cm³/mol. The minimum Gasteiger partial charge on any atom is -0.490 e. The van der Waals surface area contributed by atoms with Crippen molar-refractivity contribution in [1.29, 1.82) is 0 Å². The van der Waals surface area contributed by atoms with Crippen LogP contribution in [0, 0.1) is 10.1 Å². The lowest BCUT2D eigenvalue weighted by Gasteiger charge is -2.11. The topological polar surface area (TPSA) is 102 Å². The van der Waals surface area contributed by atoms with Gasteiger partial charge in [-0.1, -0.05) is 23.7 Å². The monoisotopic (exact) mass is 373 g/mol. The first kappa shape index (κ1) is 17.4. The van der Waals surface area contributed by atoms with E-state index in [1.807, 2.05) is 0 Å². The number of nitrogens with one attached hydrogen (secondary N) is 1. The van der Waals surface area contributed by atoms with Gasteiger partial charge in [-0.3, -0.25) is 14.9 Å². The number of imide groups is 1. The van der Waals surface area contributed by atoms with Crippen molar-refractivity contribution in [1.82, 2.24) is 5.32 Å². The van der Waals surface area contributed by atoms with Crippen LogP contribution in [0.25, 0.3) is 6.08 Å². The fourth-order valence-electron chi connectivity index (χ4n) is 2.49. The molecule has 0 aromatic heterocycles. The number of amides is 3. The van der Waals surface area contributed by atoms with E-state index in [0.717, 1.165) is 4.90 Å². The summed E-state index contributed by atoms with van der Waals surface area (Å²) in [6.07, 6.45) is 1.36. The van der Waals surface area contributed by atoms with Crippen LogP contribution in [0.1, 0.15) is 5.56 Å². The van der Waals surface area contributed by atoms with Crippen LogP contribution < -0.4 is 15.0 Å². The van der Waals surface area contributed by atoms with Crippen molar-refractivity contribution in [3.63, 3.8) is 0 Å². The van der Waals surface area contributed by atoms with Crippen LogP contribution in [-0.4, -0.2) is 24.0 Å². The Morgan fingerprint density at radius 3 is 2.65 bits per heavy atom. The van der Waals surface area contributed by atoms with Gasteiger partial charge in [-0.2, -0.15) is 0 Å². The number of anilines is 1. The molecule has 132 valence electrons. The van der Waals surface area contributed by atoms with Crippen LogP contribution in [0.5, 0.6) is 5.75 Å². The number of urea groups is 1. The summed E-state index contributed by atoms with van der Waals surface area (Å²) >= 11 is 5.90. The third-order valence-electron chi connectivity index (χ3n) is 3.66. The lowest BCUT2D eigenvalue weighted by molar-refractivity contribution is -0.385. The van der Waals surface area contributed by atoms with E-state index >= 15 is 0 Å². The molecule has 1 aliphatic rings. The number of ether oxygens (including phenoxy) is 1. The largest absolute Gasteiger partial charge is 0.490 e. The summed E-state index contributed by atoms with van der Waals surface area (Å²) in [5.41, 5.74) is 0.443. The molecule has 3 rings (SSSR count). The molecule has 0 atom stereocenters. The van der Waals surface area contributed by atoms with Gasteiger partial charge in [0.15, 0.2) is 5.75 Å². The molecule has 3 amide bonds. The van der Waals surface area contributed by atoms with Crippen LogP contribution in [0.2, 0.25) is 5.02 Å². The van der Waals surface area contributed by atoms with Crippen LogP contribution in [0.15, 0.2) is 48.2 Å². The molecule has 8 nitrogen and oxygen atoms in total. The number of hydrogen-bond donors (Lipinski definition) is 1. The lowest BCUT2D eigenvalue weighted by Crippen LogP contribution is -2.30. The van der Waals surface area contributed by atoms with Crippen molar-refractivity contribution in [3.05, 3.63) is 68.9 Å². The van der Waals surface area contributed by atoms with Crippen molar-refractivity contribution in [2.45, 2.75) is 0 Å². The molecule has 9 heteroatoms. The summed E-state index contributed by atoms with van der Waals surface area (Å²) in [7, 11) is 1.32. The molecule has 26 heavy (non-hydrogen) atoms. The van der Waals surface area contributed by atoms with E-state index in [9.17, 15) is 19.7 Å². The molecule has 2 aromatic rings. The zero-order valence-corrected chi connectivity index (χ0v) is 14.2. The number of methoxy groups -OCH3 is 1. The normalized spacial score (nSPS) is 15.3. The minimum atomic E-state index is -0.633. The molecule has 2 aromatic carbocycles. The average molecular weight is 374 g/mol. The molecular formula is C17H12ClN3O5. The number of nitro benzene ring substituents is 1. The summed E-state index contributed by atoms with van der Waals surface area (Å²) in [5.74, 6) is -0.491. The number of rotatable bonds is 4. The van der Waals surface area contributed by atoms with E-state index < -0.39 is 16.9 Å². The molecule has 0 spiro atoms. The molecule has 1 N–H and O–H groups in total. The van der Waals surface area contributed by atoms with Crippen molar-refractivity contribution < 1.29 is 19.2 Å². The maximum absolute atomic E-state index is 12.5. The second-order valence-electron chi connectivity index (χ2n) is 5.30. The number of carbonyl (C=O) groups excluding carboxylic acids is 2. The van der Waals surface area contributed by atoms with Gasteiger partial charge < -0.3 is 10.1 Å². The third kappa shape index (κ3) is 3.22. The summed E-state index contributed by atoms with van der Waals surface area (Å²) in [5, 5.41) is 13.9. The molecule has 1 saturated heterocycles. The maximum atomic E-state index is 12.5. The van der Waals surface area contributed by atoms with Crippen molar-refractivity contribution in [2.24, 2.45) is 0 Å². The molecule has 0 saturated carbocycles. The highest BCUT2D eigenvalue weighted by atomic mass is 35.5. The standard InChI is InChI=1S/C17H12ClN3O5/c1-26-15-6-5-10(8-14(15)21(24)25)7-13-16(22)20(17(23)19-13)12-4-2-3-11(18)9-12/h2-9H,1H3,(H,19,23)/b13-7+. The van der Waals surface area contributed by atoms with Crippen molar-refractivity contribution >= 4 is 41.0 Å². The van der Waals surface area contributed by atoms with Gasteiger partial charge in [0.25, 0.3) is 5.91 Å². The van der Waals surface area contributed by atoms with Crippen LogP contribution in [0.4, 0.5) is 16.2 Å². The first-order valence-corrected chi connectivity index (χ1v) is 7.73. The van der Waals surface area contributed by atoms with Gasteiger partial charge in [-0.25, -0.2) is 9.69 Å². The zero-order valence-electron chi connectivity index (χ0n) is 13.4. The van der Waals surface area contributed by atoms with Gasteiger partial charge in [0.05, 0.1) is 17.7 Å². The SMILES string of the molecule is COc1ccc(/C=C2/NC(=O)N(c3cccc(Cl)c3)C2=O)cc1[N+](=O)[O-]. The summed E-state index contributed by atoms with van der Waals surface area (Å²) in [6.45, 7) is 0. The van der Waals surface area contributed by atoms with E-state index in [1.54, 1.807) is 24.3 Å². The Kier molecular flexibility index (Phi) is 4.59. The first-order valence-electron chi connectivity index (χ1n) is 7.36. The number of nitrogens with zero attached hydrogens (tertiary/aromatic N) is 2. The Labute approximate surface area is 152 Å². The van der Waals surface area contributed by atoms with Crippen molar-refractivity contribution in [3.8, 4) is 5.75 Å². The van der Waals surface area contributed by atoms with Gasteiger partial charge in [0, 0.05) is 11.1 Å². The van der Waals surface area contributed by atoms with Gasteiger partial charge >= 0.3 is 11.7 Å². The second kappa shape index (κ2) is 6.85. The molecule has 0 unspecified atom stereocenters.